The van der Waals surface area contributed by atoms with Gasteiger partial charge in [-0.1, -0.05) is 0 Å². The first-order chi connectivity index (χ1) is 10.5. The molecule has 1 amide bonds. The summed E-state index contributed by atoms with van der Waals surface area (Å²) in [5.74, 6) is -0.653. The highest BCUT2D eigenvalue weighted by atomic mass is 16.5. The Kier molecular flexibility index (Phi) is 4.36. The van der Waals surface area contributed by atoms with Crippen molar-refractivity contribution >= 4 is 17.6 Å². The highest BCUT2D eigenvalue weighted by Crippen LogP contribution is 2.33. The number of hydrogen-bond acceptors (Lipinski definition) is 5. The first-order valence-corrected chi connectivity index (χ1v) is 6.32. The molecular weight excluding hydrogens is 290 g/mol. The predicted octanol–water partition coefficient (Wildman–Crippen LogP) is 2.56. The Balaban J connectivity index is 2.43. The molecular formula is C15H15NO6. The van der Waals surface area contributed by atoms with Crippen molar-refractivity contribution in [2.24, 2.45) is 0 Å². The van der Waals surface area contributed by atoms with Gasteiger partial charge in [0.2, 0.25) is 0 Å². The van der Waals surface area contributed by atoms with Crippen molar-refractivity contribution in [1.29, 1.82) is 0 Å². The maximum atomic E-state index is 12.2. The summed E-state index contributed by atoms with van der Waals surface area (Å²) >= 11 is 0. The Morgan fingerprint density at radius 2 is 1.77 bits per heavy atom. The maximum absolute atomic E-state index is 12.2. The summed E-state index contributed by atoms with van der Waals surface area (Å²) in [5.41, 5.74) is 0.328. The van der Waals surface area contributed by atoms with Gasteiger partial charge in [0.1, 0.15) is 5.76 Å². The molecule has 7 nitrogen and oxygen atoms in total. The second-order valence-electron chi connectivity index (χ2n) is 4.40. The van der Waals surface area contributed by atoms with Gasteiger partial charge in [-0.15, -0.1) is 0 Å². The normalized spacial score (nSPS) is 10.1. The number of hydrogen-bond donors (Lipinski definition) is 2. The van der Waals surface area contributed by atoms with Crippen molar-refractivity contribution in [3.8, 4) is 11.5 Å². The van der Waals surface area contributed by atoms with E-state index in [9.17, 15) is 14.7 Å². The molecule has 0 spiro atoms. The van der Waals surface area contributed by atoms with Crippen LogP contribution < -0.4 is 14.8 Å². The summed E-state index contributed by atoms with van der Waals surface area (Å²) in [4.78, 5) is 23.5. The monoisotopic (exact) mass is 305 g/mol. The smallest absolute Gasteiger partial charge is 0.337 e. The first-order valence-electron chi connectivity index (χ1n) is 6.32. The fourth-order valence-electron chi connectivity index (χ4n) is 1.97. The van der Waals surface area contributed by atoms with Gasteiger partial charge in [0.25, 0.3) is 5.91 Å². The molecule has 0 bridgehead atoms. The van der Waals surface area contributed by atoms with Gasteiger partial charge in [0.15, 0.2) is 11.5 Å². The molecule has 1 aromatic heterocycles. The quantitative estimate of drug-likeness (QED) is 0.881. The van der Waals surface area contributed by atoms with Crippen LogP contribution in [0.25, 0.3) is 0 Å². The van der Waals surface area contributed by atoms with Crippen molar-refractivity contribution in [1.82, 2.24) is 0 Å². The molecule has 0 unspecified atom stereocenters. The molecule has 0 aliphatic heterocycles. The fraction of sp³-hybridized carbons (Fsp3) is 0.200. The SMILES string of the molecule is COc1cc(NC(=O)c2ccoc2C)c(C(=O)O)cc1OC. The number of carboxylic acids is 1. The lowest BCUT2D eigenvalue weighted by atomic mass is 10.1. The topological polar surface area (TPSA) is 98.0 Å². The van der Waals surface area contributed by atoms with Gasteiger partial charge in [-0.2, -0.15) is 0 Å². The van der Waals surface area contributed by atoms with E-state index in [0.717, 1.165) is 0 Å². The molecule has 2 rings (SSSR count). The van der Waals surface area contributed by atoms with E-state index in [-0.39, 0.29) is 17.0 Å². The maximum Gasteiger partial charge on any atom is 0.337 e. The first kappa shape index (κ1) is 15.4. The van der Waals surface area contributed by atoms with Crippen LogP contribution in [0, 0.1) is 6.92 Å². The van der Waals surface area contributed by atoms with Crippen molar-refractivity contribution in [2.75, 3.05) is 19.5 Å². The molecule has 1 heterocycles. The molecule has 2 aromatic rings. The number of amides is 1. The highest BCUT2D eigenvalue weighted by Gasteiger charge is 2.19. The fourth-order valence-corrected chi connectivity index (χ4v) is 1.97. The lowest BCUT2D eigenvalue weighted by Crippen LogP contribution is -2.15. The van der Waals surface area contributed by atoms with Crippen LogP contribution in [0.3, 0.4) is 0 Å². The number of aromatic carboxylic acids is 1. The summed E-state index contributed by atoms with van der Waals surface area (Å²) in [5, 5.41) is 11.8. The number of carboxylic acid groups (broad SMARTS) is 1. The number of nitrogens with one attached hydrogen (secondary N) is 1. The summed E-state index contributed by atoms with van der Waals surface area (Å²) in [6.07, 6.45) is 1.39. The van der Waals surface area contributed by atoms with E-state index in [1.807, 2.05) is 0 Å². The Bertz CT molecular complexity index is 719. The molecule has 116 valence electrons. The van der Waals surface area contributed by atoms with E-state index in [4.69, 9.17) is 13.9 Å². The van der Waals surface area contributed by atoms with E-state index >= 15 is 0 Å². The number of furan rings is 1. The van der Waals surface area contributed by atoms with Gasteiger partial charge in [0.05, 0.1) is 37.3 Å². The predicted molar refractivity (Wildman–Crippen MR) is 77.9 cm³/mol. The summed E-state index contributed by atoms with van der Waals surface area (Å²) in [6, 6.07) is 4.19. The van der Waals surface area contributed by atoms with Crippen molar-refractivity contribution < 1.29 is 28.6 Å². The largest absolute Gasteiger partial charge is 0.493 e. The zero-order valence-corrected chi connectivity index (χ0v) is 12.3. The second kappa shape index (κ2) is 6.21. The molecule has 0 radical (unpaired) electrons. The lowest BCUT2D eigenvalue weighted by Gasteiger charge is -2.13. The van der Waals surface area contributed by atoms with E-state index in [1.165, 1.54) is 38.7 Å². The van der Waals surface area contributed by atoms with Gasteiger partial charge < -0.3 is 24.3 Å². The number of carbonyl (C=O) groups is 2. The van der Waals surface area contributed by atoms with Crippen molar-refractivity contribution in [3.63, 3.8) is 0 Å². The average molecular weight is 305 g/mol. The van der Waals surface area contributed by atoms with Crippen LogP contribution in [0.5, 0.6) is 11.5 Å². The third-order valence-electron chi connectivity index (χ3n) is 3.11. The van der Waals surface area contributed by atoms with Gasteiger partial charge in [0, 0.05) is 12.1 Å². The van der Waals surface area contributed by atoms with Gasteiger partial charge >= 0.3 is 5.97 Å². The minimum Gasteiger partial charge on any atom is -0.493 e. The number of ether oxygens (including phenoxy) is 2. The van der Waals surface area contributed by atoms with E-state index < -0.39 is 11.9 Å². The van der Waals surface area contributed by atoms with E-state index in [0.29, 0.717) is 17.1 Å². The molecule has 0 aliphatic carbocycles. The number of anilines is 1. The van der Waals surface area contributed by atoms with Gasteiger partial charge in [-0.3, -0.25) is 4.79 Å². The van der Waals surface area contributed by atoms with Gasteiger partial charge in [-0.25, -0.2) is 4.79 Å². The third kappa shape index (κ3) is 2.88. The lowest BCUT2D eigenvalue weighted by molar-refractivity contribution is 0.0697. The standard InChI is InChI=1S/C15H15NO6/c1-8-9(4-5-22-8)14(17)16-11-7-13(21-3)12(20-2)6-10(11)15(18)19/h4-7H,1-3H3,(H,16,17)(H,18,19). The van der Waals surface area contributed by atoms with Gasteiger partial charge in [-0.05, 0) is 13.0 Å². The molecule has 1 aromatic carbocycles. The molecule has 0 saturated heterocycles. The van der Waals surface area contributed by atoms with Crippen LogP contribution >= 0.6 is 0 Å². The molecule has 0 fully saturated rings. The Morgan fingerprint density at radius 1 is 1.14 bits per heavy atom. The Morgan fingerprint density at radius 3 is 2.27 bits per heavy atom. The van der Waals surface area contributed by atoms with Crippen LogP contribution in [0.1, 0.15) is 26.5 Å². The van der Waals surface area contributed by atoms with Crippen LogP contribution in [-0.2, 0) is 0 Å². The Labute approximate surface area is 126 Å². The zero-order chi connectivity index (χ0) is 16.3. The molecule has 22 heavy (non-hydrogen) atoms. The molecule has 2 N–H and O–H groups in total. The van der Waals surface area contributed by atoms with Crippen LogP contribution in [0.4, 0.5) is 5.69 Å². The highest BCUT2D eigenvalue weighted by molar-refractivity contribution is 6.08. The number of carbonyl (C=O) groups excluding carboxylic acids is 1. The molecule has 0 aliphatic rings. The third-order valence-corrected chi connectivity index (χ3v) is 3.11. The minimum absolute atomic E-state index is 0.104. The summed E-state index contributed by atoms with van der Waals surface area (Å²) in [7, 11) is 2.82. The van der Waals surface area contributed by atoms with E-state index in [2.05, 4.69) is 5.32 Å². The second-order valence-corrected chi connectivity index (χ2v) is 4.40. The zero-order valence-electron chi connectivity index (χ0n) is 12.3. The number of methoxy groups -OCH3 is 2. The Hall–Kier alpha value is -2.96. The average Bonchev–Trinajstić information content (AvgIpc) is 2.92. The number of benzene rings is 1. The number of aryl methyl sites for hydroxylation is 1. The van der Waals surface area contributed by atoms with Crippen molar-refractivity contribution in [3.05, 3.63) is 41.3 Å². The van der Waals surface area contributed by atoms with Crippen LogP contribution in [0.15, 0.2) is 28.9 Å². The van der Waals surface area contributed by atoms with Crippen molar-refractivity contribution in [2.45, 2.75) is 6.92 Å². The number of rotatable bonds is 5. The molecule has 0 atom stereocenters. The van der Waals surface area contributed by atoms with E-state index in [1.54, 1.807) is 6.92 Å². The molecule has 0 saturated carbocycles. The summed E-state index contributed by atoms with van der Waals surface area (Å²) in [6.45, 7) is 1.64. The summed E-state index contributed by atoms with van der Waals surface area (Å²) < 4.78 is 15.2. The van der Waals surface area contributed by atoms with Crippen LogP contribution in [0.2, 0.25) is 0 Å². The van der Waals surface area contributed by atoms with Crippen LogP contribution in [-0.4, -0.2) is 31.2 Å². The minimum atomic E-state index is -1.19. The molecule has 7 heteroatoms.